The zero-order valence-electron chi connectivity index (χ0n) is 8.25. The van der Waals surface area contributed by atoms with E-state index in [1.807, 2.05) is 0 Å². The van der Waals surface area contributed by atoms with Gasteiger partial charge in [-0.05, 0) is 12.8 Å². The van der Waals surface area contributed by atoms with Gasteiger partial charge in [0.2, 0.25) is 17.7 Å². The van der Waals surface area contributed by atoms with Gasteiger partial charge in [0, 0.05) is 18.8 Å². The maximum atomic E-state index is 12.9. The fourth-order valence-electron chi connectivity index (χ4n) is 1.80. The highest BCUT2D eigenvalue weighted by molar-refractivity contribution is 4.95. The van der Waals surface area contributed by atoms with Crippen molar-refractivity contribution >= 4 is 0 Å². The van der Waals surface area contributed by atoms with Crippen molar-refractivity contribution < 1.29 is 13.2 Å². The number of aromatic nitrogens is 2. The van der Waals surface area contributed by atoms with Crippen molar-refractivity contribution in [2.24, 2.45) is 5.73 Å². The number of alkyl halides is 2. The number of halogens is 2. The summed E-state index contributed by atoms with van der Waals surface area (Å²) in [6, 6.07) is 0. The summed E-state index contributed by atoms with van der Waals surface area (Å²) in [5, 5.41) is 7.53. The smallest absolute Gasteiger partial charge is 0.248 e. The fraction of sp³-hybridized carbons (Fsp3) is 0.778. The number of nitrogens with two attached hydrogens (primary N) is 1. The van der Waals surface area contributed by atoms with Crippen molar-refractivity contribution in [2.45, 2.75) is 44.1 Å². The van der Waals surface area contributed by atoms with Gasteiger partial charge < -0.3 is 10.2 Å². The standard InChI is InChI=1S/C9H13F2N3O/c10-9(11)3-1-6(2-4-9)8-14-13-7(5-12)15-8/h6H,1-5,12H2. The summed E-state index contributed by atoms with van der Waals surface area (Å²) in [5.41, 5.74) is 5.32. The minimum atomic E-state index is -2.52. The van der Waals surface area contributed by atoms with Gasteiger partial charge in [0.05, 0.1) is 6.54 Å². The van der Waals surface area contributed by atoms with Crippen LogP contribution in [0.15, 0.2) is 4.42 Å². The van der Waals surface area contributed by atoms with E-state index in [1.165, 1.54) is 0 Å². The number of nitrogens with zero attached hydrogens (tertiary/aromatic N) is 2. The lowest BCUT2D eigenvalue weighted by Gasteiger charge is -2.25. The first kappa shape index (κ1) is 10.5. The zero-order chi connectivity index (χ0) is 10.9. The minimum absolute atomic E-state index is 0.0302. The second kappa shape index (κ2) is 3.84. The highest BCUT2D eigenvalue weighted by atomic mass is 19.3. The van der Waals surface area contributed by atoms with Crippen molar-refractivity contribution in [3.63, 3.8) is 0 Å². The molecular weight excluding hydrogens is 204 g/mol. The van der Waals surface area contributed by atoms with Gasteiger partial charge >= 0.3 is 0 Å². The van der Waals surface area contributed by atoms with E-state index in [4.69, 9.17) is 10.2 Å². The van der Waals surface area contributed by atoms with E-state index in [1.54, 1.807) is 0 Å². The Bertz CT molecular complexity index is 330. The molecule has 0 aliphatic heterocycles. The van der Waals surface area contributed by atoms with E-state index in [0.29, 0.717) is 24.6 Å². The van der Waals surface area contributed by atoms with Gasteiger partial charge in [-0.1, -0.05) is 0 Å². The maximum Gasteiger partial charge on any atom is 0.248 e. The van der Waals surface area contributed by atoms with E-state index in [9.17, 15) is 8.78 Å². The molecule has 1 aromatic rings. The SMILES string of the molecule is NCc1nnc(C2CCC(F)(F)CC2)o1. The van der Waals surface area contributed by atoms with Crippen LogP contribution in [0.4, 0.5) is 8.78 Å². The summed E-state index contributed by atoms with van der Waals surface area (Å²) < 4.78 is 31.0. The van der Waals surface area contributed by atoms with Crippen LogP contribution in [0.25, 0.3) is 0 Å². The third kappa shape index (κ3) is 2.31. The van der Waals surface area contributed by atoms with Crippen LogP contribution in [-0.4, -0.2) is 16.1 Å². The molecule has 1 aromatic heterocycles. The Morgan fingerprint density at radius 3 is 2.53 bits per heavy atom. The molecule has 1 heterocycles. The zero-order valence-corrected chi connectivity index (χ0v) is 8.25. The summed E-state index contributed by atoms with van der Waals surface area (Å²) in [6.45, 7) is 0.190. The van der Waals surface area contributed by atoms with Crippen molar-refractivity contribution in [3.05, 3.63) is 11.8 Å². The first-order valence-corrected chi connectivity index (χ1v) is 5.01. The molecular formula is C9H13F2N3O. The number of rotatable bonds is 2. The summed E-state index contributed by atoms with van der Waals surface area (Å²) in [7, 11) is 0. The molecule has 84 valence electrons. The van der Waals surface area contributed by atoms with E-state index in [2.05, 4.69) is 10.2 Å². The molecule has 0 spiro atoms. The van der Waals surface area contributed by atoms with Crippen LogP contribution in [0.5, 0.6) is 0 Å². The average molecular weight is 217 g/mol. The quantitative estimate of drug-likeness (QED) is 0.820. The maximum absolute atomic E-state index is 12.9. The molecule has 4 nitrogen and oxygen atoms in total. The molecule has 1 aliphatic carbocycles. The predicted octanol–water partition coefficient (Wildman–Crippen LogP) is 1.82. The highest BCUT2D eigenvalue weighted by Crippen LogP contribution is 2.40. The molecule has 0 amide bonds. The van der Waals surface area contributed by atoms with Gasteiger partial charge in [0.15, 0.2) is 0 Å². The van der Waals surface area contributed by atoms with Crippen molar-refractivity contribution in [2.75, 3.05) is 0 Å². The topological polar surface area (TPSA) is 64.9 Å². The summed E-state index contributed by atoms with van der Waals surface area (Å²) in [4.78, 5) is 0. The van der Waals surface area contributed by atoms with Crippen LogP contribution in [0.2, 0.25) is 0 Å². The van der Waals surface area contributed by atoms with Crippen molar-refractivity contribution in [1.82, 2.24) is 10.2 Å². The van der Waals surface area contributed by atoms with Gasteiger partial charge in [0.1, 0.15) is 0 Å². The normalized spacial score (nSPS) is 21.8. The Morgan fingerprint density at radius 2 is 2.00 bits per heavy atom. The third-order valence-corrected chi connectivity index (χ3v) is 2.72. The first-order valence-electron chi connectivity index (χ1n) is 5.01. The number of hydrogen-bond acceptors (Lipinski definition) is 4. The molecule has 15 heavy (non-hydrogen) atoms. The number of hydrogen-bond donors (Lipinski definition) is 1. The van der Waals surface area contributed by atoms with Crippen molar-refractivity contribution in [3.8, 4) is 0 Å². The lowest BCUT2D eigenvalue weighted by atomic mass is 9.87. The Hall–Kier alpha value is -1.04. The van der Waals surface area contributed by atoms with E-state index in [-0.39, 0.29) is 25.3 Å². The molecule has 0 unspecified atom stereocenters. The second-order valence-corrected chi connectivity index (χ2v) is 3.87. The summed E-state index contributed by atoms with van der Waals surface area (Å²) >= 11 is 0. The monoisotopic (exact) mass is 217 g/mol. The minimum Gasteiger partial charge on any atom is -0.424 e. The summed E-state index contributed by atoms with van der Waals surface area (Å²) in [5.74, 6) is -1.74. The molecule has 0 saturated heterocycles. The Labute approximate surface area is 85.9 Å². The van der Waals surface area contributed by atoms with Gasteiger partial charge in [-0.25, -0.2) is 8.78 Å². The fourth-order valence-corrected chi connectivity index (χ4v) is 1.80. The van der Waals surface area contributed by atoms with E-state index in [0.717, 1.165) is 0 Å². The molecule has 0 radical (unpaired) electrons. The van der Waals surface area contributed by atoms with Crippen LogP contribution in [0, 0.1) is 0 Å². The van der Waals surface area contributed by atoms with E-state index >= 15 is 0 Å². The lowest BCUT2D eigenvalue weighted by Crippen LogP contribution is -2.23. The summed E-state index contributed by atoms with van der Waals surface area (Å²) in [6.07, 6.45) is 0.606. The van der Waals surface area contributed by atoms with Crippen LogP contribution < -0.4 is 5.73 Å². The molecule has 1 fully saturated rings. The Kier molecular flexibility index (Phi) is 2.68. The average Bonchev–Trinajstić information content (AvgIpc) is 2.66. The Morgan fingerprint density at radius 1 is 1.33 bits per heavy atom. The van der Waals surface area contributed by atoms with Gasteiger partial charge in [0.25, 0.3) is 0 Å². The third-order valence-electron chi connectivity index (χ3n) is 2.72. The van der Waals surface area contributed by atoms with Crippen LogP contribution in [-0.2, 0) is 6.54 Å². The van der Waals surface area contributed by atoms with E-state index < -0.39 is 5.92 Å². The lowest BCUT2D eigenvalue weighted by molar-refractivity contribution is -0.0399. The molecule has 1 aliphatic rings. The molecule has 0 aromatic carbocycles. The van der Waals surface area contributed by atoms with Crippen LogP contribution in [0.3, 0.4) is 0 Å². The predicted molar refractivity (Wildman–Crippen MR) is 48.3 cm³/mol. The van der Waals surface area contributed by atoms with Gasteiger partial charge in [-0.15, -0.1) is 10.2 Å². The highest BCUT2D eigenvalue weighted by Gasteiger charge is 2.37. The van der Waals surface area contributed by atoms with Gasteiger partial charge in [-0.3, -0.25) is 0 Å². The van der Waals surface area contributed by atoms with Gasteiger partial charge in [-0.2, -0.15) is 0 Å². The first-order chi connectivity index (χ1) is 7.11. The molecule has 2 rings (SSSR count). The van der Waals surface area contributed by atoms with Crippen LogP contribution in [0.1, 0.15) is 43.4 Å². The van der Waals surface area contributed by atoms with Crippen LogP contribution >= 0.6 is 0 Å². The van der Waals surface area contributed by atoms with Crippen molar-refractivity contribution in [1.29, 1.82) is 0 Å². The Balaban J connectivity index is 2.01. The second-order valence-electron chi connectivity index (χ2n) is 3.87. The molecule has 2 N–H and O–H groups in total. The molecule has 0 atom stereocenters. The molecule has 6 heteroatoms. The molecule has 1 saturated carbocycles. The molecule has 0 bridgehead atoms. The largest absolute Gasteiger partial charge is 0.424 e.